The summed E-state index contributed by atoms with van der Waals surface area (Å²) in [7, 11) is 1.62. The Kier molecular flexibility index (Phi) is 7.77. The molecule has 0 spiro atoms. The number of aliphatic hydroxyl groups is 1. The monoisotopic (exact) mass is 553 g/mol. The van der Waals surface area contributed by atoms with Gasteiger partial charge in [-0.2, -0.15) is 18.6 Å². The number of rotatable bonds is 6. The van der Waals surface area contributed by atoms with E-state index in [1.807, 2.05) is 6.92 Å². The van der Waals surface area contributed by atoms with Gasteiger partial charge >= 0.3 is 0 Å². The van der Waals surface area contributed by atoms with Gasteiger partial charge in [0.25, 0.3) is 5.91 Å². The smallest absolute Gasteiger partial charge is 0.255 e. The summed E-state index contributed by atoms with van der Waals surface area (Å²) in [5.41, 5.74) is 7.37. The van der Waals surface area contributed by atoms with Gasteiger partial charge in [0.1, 0.15) is 23.0 Å². The van der Waals surface area contributed by atoms with Crippen molar-refractivity contribution in [1.29, 1.82) is 0 Å². The topological polar surface area (TPSA) is 131 Å². The van der Waals surface area contributed by atoms with E-state index >= 15 is 4.39 Å². The molecule has 2 aliphatic rings. The van der Waals surface area contributed by atoms with Gasteiger partial charge in [-0.05, 0) is 51.2 Å². The van der Waals surface area contributed by atoms with E-state index in [4.69, 9.17) is 5.73 Å². The first-order valence-electron chi connectivity index (χ1n) is 12.6. The van der Waals surface area contributed by atoms with Gasteiger partial charge in [0.15, 0.2) is 5.69 Å². The minimum atomic E-state index is -0.780. The Bertz CT molecular complexity index is 1530. The minimum absolute atomic E-state index is 0. The van der Waals surface area contributed by atoms with Crippen molar-refractivity contribution < 1.29 is 19.1 Å². The van der Waals surface area contributed by atoms with Crippen molar-refractivity contribution in [2.45, 2.75) is 57.3 Å². The lowest BCUT2D eigenvalue weighted by Gasteiger charge is -2.25. The highest BCUT2D eigenvalue weighted by molar-refractivity contribution is 7.59. The quantitative estimate of drug-likeness (QED) is 0.317. The maximum Gasteiger partial charge on any atom is 0.255 e. The van der Waals surface area contributed by atoms with Gasteiger partial charge in [-0.1, -0.05) is 12.5 Å². The molecule has 0 radical (unpaired) electrons. The second-order valence-corrected chi connectivity index (χ2v) is 9.85. The number of carbonyl (C=O) groups is 2. The number of fused-ring (bicyclic) bond motifs is 1. The molecule has 2 fully saturated rings. The third kappa shape index (κ3) is 4.99. The zero-order valence-corrected chi connectivity index (χ0v) is 23.0. The number of carbonyl (C=O) groups excluding carboxylic acids is 2. The van der Waals surface area contributed by atoms with Crippen LogP contribution in [0.1, 0.15) is 65.7 Å². The summed E-state index contributed by atoms with van der Waals surface area (Å²) < 4.78 is 18.7. The Labute approximate surface area is 232 Å². The predicted molar refractivity (Wildman–Crippen MR) is 150 cm³/mol. The van der Waals surface area contributed by atoms with Crippen LogP contribution in [0.25, 0.3) is 11.0 Å². The standard InChI is InChI=1S/C27H30FN7O3.H2S/c1-5-24(37)33-13-18(11-22(33)14(2)36)35-27(30-4)25(26(29)38)20(32-35)9-6-16-10-21-23(12-19(16)28)34(15(3)31-21)17-7-8-17;/h5,10,12,14,17-18,22,30,36H,1,7-8,11,13H2,2-4H3,(H2,29,38);1H2/t14-,18+,22-;/m1./s1. The van der Waals surface area contributed by atoms with Crippen molar-refractivity contribution in [3.8, 4) is 11.8 Å². The molecule has 5 rings (SSSR count). The molecule has 1 saturated heterocycles. The average Bonchev–Trinajstić information content (AvgIpc) is 3.35. The number of nitrogens with zero attached hydrogens (tertiary/aromatic N) is 5. The fourth-order valence-electron chi connectivity index (χ4n) is 5.36. The molecule has 0 bridgehead atoms. The number of nitrogens with one attached hydrogen (secondary N) is 1. The summed E-state index contributed by atoms with van der Waals surface area (Å²) in [6.07, 6.45) is 2.93. The number of halogens is 1. The van der Waals surface area contributed by atoms with E-state index < -0.39 is 23.9 Å². The number of hydrogen-bond donors (Lipinski definition) is 3. The van der Waals surface area contributed by atoms with E-state index in [2.05, 4.69) is 38.4 Å². The number of benzene rings is 1. The van der Waals surface area contributed by atoms with Crippen LogP contribution in [0.15, 0.2) is 24.8 Å². The van der Waals surface area contributed by atoms with Crippen LogP contribution >= 0.6 is 13.5 Å². The Balaban J connectivity index is 0.00000353. The fraction of sp³-hybridized carbons (Fsp3) is 0.407. The summed E-state index contributed by atoms with van der Waals surface area (Å²) in [5, 5.41) is 17.8. The van der Waals surface area contributed by atoms with Crippen LogP contribution in [-0.2, 0) is 4.79 Å². The number of likely N-dealkylation sites (tertiary alicyclic amines) is 1. The summed E-state index contributed by atoms with van der Waals surface area (Å²) in [6.45, 7) is 7.31. The van der Waals surface area contributed by atoms with Crippen LogP contribution in [0, 0.1) is 24.6 Å². The van der Waals surface area contributed by atoms with Gasteiger partial charge < -0.3 is 25.6 Å². The fourth-order valence-corrected chi connectivity index (χ4v) is 5.36. The van der Waals surface area contributed by atoms with Gasteiger partial charge in [-0.3, -0.25) is 9.59 Å². The molecular formula is C27H32FN7O3S. The molecule has 1 aliphatic heterocycles. The van der Waals surface area contributed by atoms with Gasteiger partial charge in [0.05, 0.1) is 34.8 Å². The third-order valence-electron chi connectivity index (χ3n) is 7.26. The maximum atomic E-state index is 15.1. The van der Waals surface area contributed by atoms with Crippen molar-refractivity contribution in [3.05, 3.63) is 53.3 Å². The highest BCUT2D eigenvalue weighted by Crippen LogP contribution is 2.39. The molecule has 2 aromatic heterocycles. The number of aliphatic hydroxyl groups excluding tert-OH is 1. The first-order valence-corrected chi connectivity index (χ1v) is 12.6. The van der Waals surface area contributed by atoms with Crippen LogP contribution in [0.5, 0.6) is 0 Å². The van der Waals surface area contributed by atoms with E-state index in [1.165, 1.54) is 17.0 Å². The lowest BCUT2D eigenvalue weighted by atomic mass is 10.1. The lowest BCUT2D eigenvalue weighted by molar-refractivity contribution is -0.128. The molecule has 3 atom stereocenters. The summed E-state index contributed by atoms with van der Waals surface area (Å²) in [5.74, 6) is 5.25. The Hall–Kier alpha value is -3.82. The highest BCUT2D eigenvalue weighted by Gasteiger charge is 2.40. The Morgan fingerprint density at radius 1 is 1.31 bits per heavy atom. The van der Waals surface area contributed by atoms with Crippen LogP contribution in [0.2, 0.25) is 0 Å². The molecule has 3 heterocycles. The summed E-state index contributed by atoms with van der Waals surface area (Å²) in [4.78, 5) is 31.0. The van der Waals surface area contributed by atoms with E-state index in [0.717, 1.165) is 24.2 Å². The number of amides is 2. The number of anilines is 1. The Morgan fingerprint density at radius 3 is 2.62 bits per heavy atom. The summed E-state index contributed by atoms with van der Waals surface area (Å²) in [6, 6.07) is 2.60. The number of aryl methyl sites for hydroxylation is 1. The Morgan fingerprint density at radius 2 is 2.03 bits per heavy atom. The number of primary amides is 1. The first-order chi connectivity index (χ1) is 18.1. The molecule has 39 heavy (non-hydrogen) atoms. The zero-order valence-electron chi connectivity index (χ0n) is 22.0. The van der Waals surface area contributed by atoms with E-state index in [1.54, 1.807) is 24.7 Å². The molecule has 10 nitrogen and oxygen atoms in total. The molecule has 1 saturated carbocycles. The number of imidazole rings is 1. The van der Waals surface area contributed by atoms with Crippen molar-refractivity contribution in [2.75, 3.05) is 18.9 Å². The van der Waals surface area contributed by atoms with Gasteiger partial charge in [0, 0.05) is 25.7 Å². The van der Waals surface area contributed by atoms with Gasteiger partial charge in [0.2, 0.25) is 5.91 Å². The van der Waals surface area contributed by atoms with Crippen LogP contribution in [-0.4, -0.2) is 66.9 Å². The largest absolute Gasteiger partial charge is 0.391 e. The minimum Gasteiger partial charge on any atom is -0.391 e. The van der Waals surface area contributed by atoms with Gasteiger partial charge in [-0.15, -0.1) is 0 Å². The van der Waals surface area contributed by atoms with E-state index in [-0.39, 0.29) is 48.8 Å². The predicted octanol–water partition coefficient (Wildman–Crippen LogP) is 2.38. The van der Waals surface area contributed by atoms with Crippen molar-refractivity contribution in [3.63, 3.8) is 0 Å². The average molecular weight is 554 g/mol. The molecule has 0 unspecified atom stereocenters. The molecule has 3 aromatic rings. The summed E-state index contributed by atoms with van der Waals surface area (Å²) >= 11 is 0. The molecule has 2 amide bonds. The van der Waals surface area contributed by atoms with Crippen LogP contribution in [0.4, 0.5) is 10.2 Å². The van der Waals surface area contributed by atoms with Crippen LogP contribution < -0.4 is 11.1 Å². The molecule has 1 aromatic carbocycles. The second-order valence-electron chi connectivity index (χ2n) is 9.85. The number of hydrogen-bond acceptors (Lipinski definition) is 6. The third-order valence-corrected chi connectivity index (χ3v) is 7.26. The van der Waals surface area contributed by atoms with E-state index in [0.29, 0.717) is 23.8 Å². The molecular weight excluding hydrogens is 521 g/mol. The molecule has 4 N–H and O–H groups in total. The second kappa shape index (κ2) is 10.7. The first kappa shape index (κ1) is 28.2. The molecule has 12 heteroatoms. The highest BCUT2D eigenvalue weighted by atomic mass is 32.1. The van der Waals surface area contributed by atoms with E-state index in [9.17, 15) is 14.7 Å². The van der Waals surface area contributed by atoms with Crippen LogP contribution in [0.3, 0.4) is 0 Å². The zero-order chi connectivity index (χ0) is 27.3. The number of aromatic nitrogens is 4. The molecule has 206 valence electrons. The normalized spacial score (nSPS) is 19.3. The lowest BCUT2D eigenvalue weighted by Crippen LogP contribution is -2.40. The van der Waals surface area contributed by atoms with Crippen molar-refractivity contribution >= 4 is 42.2 Å². The maximum absolute atomic E-state index is 15.1. The van der Waals surface area contributed by atoms with Gasteiger partial charge in [-0.25, -0.2) is 14.1 Å². The van der Waals surface area contributed by atoms with Crippen molar-refractivity contribution in [1.82, 2.24) is 24.2 Å². The SMILES string of the molecule is C=CC(=O)N1C[C@@H](n2nc(C#Cc3cc4nc(C)n(C5CC5)c4cc3F)c(C(N)=O)c2NC)C[C@@H]1[C@@H](C)O.S. The van der Waals surface area contributed by atoms with Crippen molar-refractivity contribution in [2.24, 2.45) is 5.73 Å². The number of nitrogens with two attached hydrogens (primary N) is 1. The molecule has 1 aliphatic carbocycles.